The SMILES string of the molecule is CCc1ccc(C(=O)C[C@H]2CCc3cc(CC4CCCCCCC4)ccc3C2)cc1. The Bertz CT molecular complexity index is 824. The van der Waals surface area contributed by atoms with Gasteiger partial charge < -0.3 is 0 Å². The number of aryl methyl sites for hydroxylation is 2. The Hall–Kier alpha value is -1.89. The van der Waals surface area contributed by atoms with Gasteiger partial charge in [-0.3, -0.25) is 4.79 Å². The van der Waals surface area contributed by atoms with E-state index in [9.17, 15) is 4.79 Å². The summed E-state index contributed by atoms with van der Waals surface area (Å²) in [7, 11) is 0. The van der Waals surface area contributed by atoms with E-state index in [2.05, 4.69) is 37.3 Å². The van der Waals surface area contributed by atoms with Crippen LogP contribution in [-0.2, 0) is 25.7 Å². The van der Waals surface area contributed by atoms with E-state index in [1.807, 2.05) is 12.1 Å². The lowest BCUT2D eigenvalue weighted by molar-refractivity contribution is 0.0957. The number of carbonyl (C=O) groups is 1. The lowest BCUT2D eigenvalue weighted by Crippen LogP contribution is -2.18. The predicted molar refractivity (Wildman–Crippen MR) is 126 cm³/mol. The molecule has 30 heavy (non-hydrogen) atoms. The van der Waals surface area contributed by atoms with Crippen LogP contribution >= 0.6 is 0 Å². The number of carbonyl (C=O) groups excluding carboxylic acids is 1. The van der Waals surface area contributed by atoms with Crippen LogP contribution in [0, 0.1) is 11.8 Å². The van der Waals surface area contributed by atoms with Crippen LogP contribution in [0.25, 0.3) is 0 Å². The van der Waals surface area contributed by atoms with Crippen LogP contribution in [-0.4, -0.2) is 5.78 Å². The van der Waals surface area contributed by atoms with Crippen molar-refractivity contribution < 1.29 is 4.79 Å². The lowest BCUT2D eigenvalue weighted by Gasteiger charge is -2.26. The van der Waals surface area contributed by atoms with Gasteiger partial charge >= 0.3 is 0 Å². The fourth-order valence-corrected chi connectivity index (χ4v) is 5.57. The number of benzene rings is 2. The van der Waals surface area contributed by atoms with Crippen LogP contribution in [0.2, 0.25) is 0 Å². The van der Waals surface area contributed by atoms with Crippen molar-refractivity contribution in [2.45, 2.75) is 90.4 Å². The molecule has 0 aromatic heterocycles. The summed E-state index contributed by atoms with van der Waals surface area (Å²) in [6, 6.07) is 15.5. The third kappa shape index (κ3) is 5.62. The average molecular weight is 403 g/mol. The van der Waals surface area contributed by atoms with Crippen LogP contribution in [0.15, 0.2) is 42.5 Å². The van der Waals surface area contributed by atoms with Crippen LogP contribution in [0.5, 0.6) is 0 Å². The van der Waals surface area contributed by atoms with Crippen molar-refractivity contribution in [2.75, 3.05) is 0 Å². The van der Waals surface area contributed by atoms with Crippen molar-refractivity contribution in [3.8, 4) is 0 Å². The fourth-order valence-electron chi connectivity index (χ4n) is 5.57. The van der Waals surface area contributed by atoms with E-state index in [1.165, 1.54) is 62.5 Å². The monoisotopic (exact) mass is 402 g/mol. The van der Waals surface area contributed by atoms with Gasteiger partial charge in [0.2, 0.25) is 0 Å². The summed E-state index contributed by atoms with van der Waals surface area (Å²) in [5.74, 6) is 1.69. The van der Waals surface area contributed by atoms with Crippen LogP contribution in [0.3, 0.4) is 0 Å². The van der Waals surface area contributed by atoms with Gasteiger partial charge in [-0.05, 0) is 66.2 Å². The summed E-state index contributed by atoms with van der Waals surface area (Å²) in [6.45, 7) is 2.15. The standard InChI is InChI=1S/C29H38O/c1-2-22-10-14-26(15-11-22)29(30)21-25-13-17-27-19-24(12-16-28(27)20-25)18-23-8-6-4-3-5-7-9-23/h10-12,14-16,19,23,25H,2-9,13,17-18,20-21H2,1H3/t25-/m0/s1. The first kappa shape index (κ1) is 21.3. The molecule has 0 bridgehead atoms. The van der Waals surface area contributed by atoms with Gasteiger partial charge in [0.15, 0.2) is 5.78 Å². The summed E-state index contributed by atoms with van der Waals surface area (Å²) in [4.78, 5) is 12.8. The molecule has 2 aliphatic carbocycles. The van der Waals surface area contributed by atoms with Gasteiger partial charge in [0, 0.05) is 12.0 Å². The Balaban J connectivity index is 1.34. The summed E-state index contributed by atoms with van der Waals surface area (Å²) >= 11 is 0. The molecular formula is C29H38O. The molecule has 1 atom stereocenters. The molecule has 0 aliphatic heterocycles. The molecule has 2 aromatic rings. The largest absolute Gasteiger partial charge is 0.294 e. The first-order valence-corrected chi connectivity index (χ1v) is 12.4. The molecule has 2 aliphatic rings. The van der Waals surface area contributed by atoms with Gasteiger partial charge in [-0.1, -0.05) is 94.3 Å². The maximum Gasteiger partial charge on any atom is 0.163 e. The van der Waals surface area contributed by atoms with E-state index in [-0.39, 0.29) is 0 Å². The number of ketones is 1. The Morgan fingerprint density at radius 1 is 0.800 bits per heavy atom. The zero-order valence-electron chi connectivity index (χ0n) is 18.8. The van der Waals surface area contributed by atoms with Gasteiger partial charge in [-0.15, -0.1) is 0 Å². The second-order valence-corrected chi connectivity index (χ2v) is 9.80. The molecule has 1 heteroatoms. The van der Waals surface area contributed by atoms with E-state index in [0.717, 1.165) is 37.2 Å². The van der Waals surface area contributed by atoms with Crippen molar-refractivity contribution in [3.63, 3.8) is 0 Å². The summed E-state index contributed by atoms with van der Waals surface area (Å²) < 4.78 is 0. The molecule has 0 heterocycles. The highest BCUT2D eigenvalue weighted by Crippen LogP contribution is 2.31. The molecule has 0 amide bonds. The molecule has 0 saturated heterocycles. The third-order valence-corrected chi connectivity index (χ3v) is 7.51. The first-order chi connectivity index (χ1) is 14.7. The molecule has 0 N–H and O–H groups in total. The number of fused-ring (bicyclic) bond motifs is 1. The molecule has 2 aromatic carbocycles. The molecule has 0 radical (unpaired) electrons. The minimum atomic E-state index is 0.312. The van der Waals surface area contributed by atoms with Crippen molar-refractivity contribution in [2.24, 2.45) is 11.8 Å². The average Bonchev–Trinajstić information content (AvgIpc) is 2.75. The highest BCUT2D eigenvalue weighted by Gasteiger charge is 2.22. The summed E-state index contributed by atoms with van der Waals surface area (Å²) in [5, 5.41) is 0. The molecular weight excluding hydrogens is 364 g/mol. The number of hydrogen-bond donors (Lipinski definition) is 0. The van der Waals surface area contributed by atoms with E-state index in [4.69, 9.17) is 0 Å². The van der Waals surface area contributed by atoms with Crippen molar-refractivity contribution in [3.05, 3.63) is 70.3 Å². The quantitative estimate of drug-likeness (QED) is 0.456. The number of hydrogen-bond acceptors (Lipinski definition) is 1. The lowest BCUT2D eigenvalue weighted by atomic mass is 9.79. The van der Waals surface area contributed by atoms with Gasteiger partial charge in [-0.25, -0.2) is 0 Å². The first-order valence-electron chi connectivity index (χ1n) is 12.4. The Morgan fingerprint density at radius 3 is 2.23 bits per heavy atom. The maximum absolute atomic E-state index is 12.8. The van der Waals surface area contributed by atoms with Gasteiger partial charge in [-0.2, -0.15) is 0 Å². The van der Waals surface area contributed by atoms with Crippen molar-refractivity contribution in [1.29, 1.82) is 0 Å². The van der Waals surface area contributed by atoms with Crippen LogP contribution in [0.1, 0.15) is 97.3 Å². The van der Waals surface area contributed by atoms with Gasteiger partial charge in [0.05, 0.1) is 0 Å². The van der Waals surface area contributed by atoms with E-state index >= 15 is 0 Å². The Labute approximate surface area is 183 Å². The second kappa shape index (κ2) is 10.4. The second-order valence-electron chi connectivity index (χ2n) is 9.80. The van der Waals surface area contributed by atoms with E-state index in [1.54, 1.807) is 11.1 Å². The maximum atomic E-state index is 12.8. The van der Waals surface area contributed by atoms with E-state index < -0.39 is 0 Å². The number of rotatable bonds is 6. The van der Waals surface area contributed by atoms with E-state index in [0.29, 0.717) is 18.1 Å². The highest BCUT2D eigenvalue weighted by molar-refractivity contribution is 5.96. The molecule has 1 fully saturated rings. The van der Waals surface area contributed by atoms with Gasteiger partial charge in [0.25, 0.3) is 0 Å². The molecule has 4 rings (SSSR count). The zero-order valence-corrected chi connectivity index (χ0v) is 18.8. The molecule has 0 spiro atoms. The normalized spacial score (nSPS) is 20.2. The summed E-state index contributed by atoms with van der Waals surface area (Å²) in [6.07, 6.45) is 16.3. The Morgan fingerprint density at radius 2 is 1.50 bits per heavy atom. The predicted octanol–water partition coefficient (Wildman–Crippen LogP) is 7.53. The zero-order chi connectivity index (χ0) is 20.8. The molecule has 1 nitrogen and oxygen atoms in total. The Kier molecular flexibility index (Phi) is 7.42. The van der Waals surface area contributed by atoms with Crippen LogP contribution in [0.4, 0.5) is 0 Å². The minimum Gasteiger partial charge on any atom is -0.294 e. The highest BCUT2D eigenvalue weighted by atomic mass is 16.1. The van der Waals surface area contributed by atoms with Gasteiger partial charge in [0.1, 0.15) is 0 Å². The third-order valence-electron chi connectivity index (χ3n) is 7.51. The smallest absolute Gasteiger partial charge is 0.163 e. The minimum absolute atomic E-state index is 0.312. The molecule has 160 valence electrons. The topological polar surface area (TPSA) is 17.1 Å². The number of Topliss-reactive ketones (excluding diaryl/α,β-unsaturated/α-hetero) is 1. The van der Waals surface area contributed by atoms with Crippen molar-refractivity contribution >= 4 is 5.78 Å². The molecule has 0 unspecified atom stereocenters. The summed E-state index contributed by atoms with van der Waals surface area (Å²) in [5.41, 5.74) is 6.77. The van der Waals surface area contributed by atoms with Crippen molar-refractivity contribution in [1.82, 2.24) is 0 Å². The van der Waals surface area contributed by atoms with Crippen LogP contribution < -0.4 is 0 Å². The fraction of sp³-hybridized carbons (Fsp3) is 0.552. The molecule has 1 saturated carbocycles.